The highest BCUT2D eigenvalue weighted by molar-refractivity contribution is 7.92. The lowest BCUT2D eigenvalue weighted by molar-refractivity contribution is -0.140. The van der Waals surface area contributed by atoms with Crippen LogP contribution in [0.4, 0.5) is 5.69 Å². The third kappa shape index (κ3) is 8.86. The molecule has 1 atom stereocenters. The molecule has 0 unspecified atom stereocenters. The number of nitrogens with one attached hydrogen (secondary N) is 1. The van der Waals surface area contributed by atoms with E-state index >= 15 is 0 Å². The summed E-state index contributed by atoms with van der Waals surface area (Å²) in [6.45, 7) is 5.03. The molecule has 0 fully saturated rings. The minimum Gasteiger partial charge on any atom is -0.497 e. The average Bonchev–Trinajstić information content (AvgIpc) is 3.08. The number of benzene rings is 4. The molecule has 0 aliphatic rings. The van der Waals surface area contributed by atoms with Gasteiger partial charge in [-0.15, -0.1) is 0 Å². The molecular weight excluding hydrogens is 630 g/mol. The molecule has 10 nitrogen and oxygen atoms in total. The molecule has 48 heavy (non-hydrogen) atoms. The van der Waals surface area contributed by atoms with Gasteiger partial charge >= 0.3 is 0 Å². The average molecular weight is 674 g/mol. The summed E-state index contributed by atoms with van der Waals surface area (Å²) >= 11 is 0. The van der Waals surface area contributed by atoms with Gasteiger partial charge in [-0.2, -0.15) is 0 Å². The highest BCUT2D eigenvalue weighted by Gasteiger charge is 2.35. The predicted molar refractivity (Wildman–Crippen MR) is 186 cm³/mol. The standard InChI is InChI=1S/C37H43N3O7S/c1-26(2)38-37(42)33(22-28-11-8-7-9-12-28)39(24-29-13-10-14-31(21-29)45-4)36(41)25-40(30-17-15-27(3)16-18-30)48(43,44)32-19-20-34(46-5)35(23-32)47-6/h7-21,23,26,33H,22,24-25H2,1-6H3,(H,38,42)/t33-/m0/s1. The van der Waals surface area contributed by atoms with E-state index in [-0.39, 0.29) is 41.2 Å². The topological polar surface area (TPSA) is 114 Å². The quantitative estimate of drug-likeness (QED) is 0.180. The van der Waals surface area contributed by atoms with Crippen molar-refractivity contribution in [3.63, 3.8) is 0 Å². The van der Waals surface area contributed by atoms with Gasteiger partial charge in [-0.25, -0.2) is 8.42 Å². The molecule has 0 aromatic heterocycles. The molecule has 11 heteroatoms. The van der Waals surface area contributed by atoms with Crippen molar-refractivity contribution in [2.24, 2.45) is 0 Å². The molecule has 0 saturated carbocycles. The fourth-order valence-corrected chi connectivity index (χ4v) is 6.68. The fourth-order valence-electron chi connectivity index (χ4n) is 5.25. The summed E-state index contributed by atoms with van der Waals surface area (Å²) in [6.07, 6.45) is 0.210. The Kier molecular flexibility index (Phi) is 12.1. The molecule has 1 N–H and O–H groups in total. The molecule has 0 radical (unpaired) electrons. The second-order valence-electron chi connectivity index (χ2n) is 11.6. The number of hydrogen-bond donors (Lipinski definition) is 1. The molecule has 4 aromatic carbocycles. The summed E-state index contributed by atoms with van der Waals surface area (Å²) in [5.74, 6) is 0.251. The normalized spacial score (nSPS) is 11.8. The second kappa shape index (κ2) is 16.2. The first-order valence-corrected chi connectivity index (χ1v) is 17.0. The molecule has 0 saturated heterocycles. The first kappa shape index (κ1) is 35.8. The van der Waals surface area contributed by atoms with Gasteiger partial charge in [0.15, 0.2) is 11.5 Å². The van der Waals surface area contributed by atoms with Gasteiger partial charge in [-0.3, -0.25) is 13.9 Å². The van der Waals surface area contributed by atoms with Crippen LogP contribution >= 0.6 is 0 Å². The molecule has 0 aliphatic heterocycles. The summed E-state index contributed by atoms with van der Waals surface area (Å²) in [5, 5.41) is 2.96. The predicted octanol–water partition coefficient (Wildman–Crippen LogP) is 5.38. The highest BCUT2D eigenvalue weighted by atomic mass is 32.2. The first-order valence-electron chi connectivity index (χ1n) is 15.5. The number of hydrogen-bond acceptors (Lipinski definition) is 7. The Morgan fingerprint density at radius 3 is 2.06 bits per heavy atom. The van der Waals surface area contributed by atoms with E-state index in [4.69, 9.17) is 14.2 Å². The summed E-state index contributed by atoms with van der Waals surface area (Å²) in [7, 11) is 0.0972. The van der Waals surface area contributed by atoms with Crippen LogP contribution in [0.1, 0.15) is 30.5 Å². The van der Waals surface area contributed by atoms with Gasteiger partial charge in [0, 0.05) is 25.1 Å². The fraction of sp³-hybridized carbons (Fsp3) is 0.297. The minimum absolute atomic E-state index is 0.0250. The van der Waals surface area contributed by atoms with E-state index < -0.39 is 28.5 Å². The number of aryl methyl sites for hydroxylation is 1. The van der Waals surface area contributed by atoms with E-state index in [2.05, 4.69) is 5.32 Å². The van der Waals surface area contributed by atoms with E-state index in [1.165, 1.54) is 37.3 Å². The number of amides is 2. The third-order valence-electron chi connectivity index (χ3n) is 7.73. The lowest BCUT2D eigenvalue weighted by Crippen LogP contribution is -2.54. The summed E-state index contributed by atoms with van der Waals surface area (Å²) in [4.78, 5) is 29.9. The monoisotopic (exact) mass is 673 g/mol. The van der Waals surface area contributed by atoms with Gasteiger partial charge in [-0.1, -0.05) is 60.2 Å². The summed E-state index contributed by atoms with van der Waals surface area (Å²) < 4.78 is 46.0. The van der Waals surface area contributed by atoms with Gasteiger partial charge in [0.1, 0.15) is 18.3 Å². The number of rotatable bonds is 15. The van der Waals surface area contributed by atoms with Crippen molar-refractivity contribution in [1.82, 2.24) is 10.2 Å². The SMILES string of the molecule is COc1cccc(CN(C(=O)CN(c2ccc(C)cc2)S(=O)(=O)c2ccc(OC)c(OC)c2)[C@@H](Cc2ccccc2)C(=O)NC(C)C)c1. The Morgan fingerprint density at radius 1 is 0.771 bits per heavy atom. The van der Waals surface area contributed by atoms with Crippen LogP contribution in [0.2, 0.25) is 0 Å². The van der Waals surface area contributed by atoms with Crippen LogP contribution in [0.15, 0.2) is 102 Å². The van der Waals surface area contributed by atoms with Crippen molar-refractivity contribution in [3.8, 4) is 17.2 Å². The third-order valence-corrected chi connectivity index (χ3v) is 9.50. The molecule has 2 amide bonds. The van der Waals surface area contributed by atoms with Gasteiger partial charge < -0.3 is 24.4 Å². The van der Waals surface area contributed by atoms with Crippen LogP contribution in [0, 0.1) is 6.92 Å². The van der Waals surface area contributed by atoms with E-state index in [0.717, 1.165) is 15.4 Å². The Labute approximate surface area is 283 Å². The Hall–Kier alpha value is -5.03. The highest BCUT2D eigenvalue weighted by Crippen LogP contribution is 2.32. The first-order chi connectivity index (χ1) is 23.0. The summed E-state index contributed by atoms with van der Waals surface area (Å²) in [5.41, 5.74) is 2.76. The van der Waals surface area contributed by atoms with Crippen molar-refractivity contribution in [1.29, 1.82) is 0 Å². The van der Waals surface area contributed by atoms with Crippen LogP contribution in [-0.2, 0) is 32.6 Å². The van der Waals surface area contributed by atoms with Crippen LogP contribution in [0.5, 0.6) is 17.2 Å². The number of methoxy groups -OCH3 is 3. The number of sulfonamides is 1. The van der Waals surface area contributed by atoms with Gasteiger partial charge in [0.05, 0.1) is 31.9 Å². The molecular formula is C37H43N3O7S. The zero-order valence-electron chi connectivity index (χ0n) is 28.2. The van der Waals surface area contributed by atoms with Gasteiger partial charge in [0.25, 0.3) is 10.0 Å². The number of nitrogens with zero attached hydrogens (tertiary/aromatic N) is 2. The minimum atomic E-state index is -4.33. The van der Waals surface area contributed by atoms with Crippen LogP contribution < -0.4 is 23.8 Å². The molecule has 254 valence electrons. The molecule has 0 aliphatic carbocycles. The van der Waals surface area contributed by atoms with Crippen molar-refractivity contribution in [2.75, 3.05) is 32.2 Å². The van der Waals surface area contributed by atoms with Crippen molar-refractivity contribution < 1.29 is 32.2 Å². The van der Waals surface area contributed by atoms with E-state index in [1.54, 1.807) is 49.6 Å². The lowest BCUT2D eigenvalue weighted by atomic mass is 10.0. The van der Waals surface area contributed by atoms with E-state index in [1.807, 2.05) is 57.2 Å². The van der Waals surface area contributed by atoms with E-state index in [9.17, 15) is 18.0 Å². The van der Waals surface area contributed by atoms with Gasteiger partial charge in [-0.05, 0) is 68.3 Å². The maximum absolute atomic E-state index is 14.6. The largest absolute Gasteiger partial charge is 0.497 e. The van der Waals surface area contributed by atoms with Crippen LogP contribution in [-0.4, -0.2) is 65.1 Å². The molecule has 0 spiro atoms. The zero-order chi connectivity index (χ0) is 34.8. The summed E-state index contributed by atoms with van der Waals surface area (Å²) in [6, 6.07) is 26.6. The number of carbonyl (C=O) groups excluding carboxylic acids is 2. The second-order valence-corrected chi connectivity index (χ2v) is 13.5. The van der Waals surface area contributed by atoms with Crippen molar-refractivity contribution in [2.45, 2.75) is 50.7 Å². The Bertz CT molecular complexity index is 1800. The number of anilines is 1. The molecule has 0 heterocycles. The molecule has 4 aromatic rings. The maximum atomic E-state index is 14.6. The zero-order valence-corrected chi connectivity index (χ0v) is 29.0. The lowest BCUT2D eigenvalue weighted by Gasteiger charge is -2.34. The number of carbonyl (C=O) groups is 2. The smallest absolute Gasteiger partial charge is 0.264 e. The molecule has 4 rings (SSSR count). The van der Waals surface area contributed by atoms with Gasteiger partial charge in [0.2, 0.25) is 11.8 Å². The van der Waals surface area contributed by atoms with Crippen molar-refractivity contribution in [3.05, 3.63) is 114 Å². The van der Waals surface area contributed by atoms with Crippen molar-refractivity contribution >= 4 is 27.5 Å². The van der Waals surface area contributed by atoms with Crippen LogP contribution in [0.25, 0.3) is 0 Å². The molecule has 0 bridgehead atoms. The van der Waals surface area contributed by atoms with E-state index in [0.29, 0.717) is 17.1 Å². The number of ether oxygens (including phenoxy) is 3. The Balaban J connectivity index is 1.83. The Morgan fingerprint density at radius 2 is 1.44 bits per heavy atom. The van der Waals surface area contributed by atoms with Crippen LogP contribution in [0.3, 0.4) is 0 Å². The maximum Gasteiger partial charge on any atom is 0.264 e.